The Morgan fingerprint density at radius 2 is 1.21 bits per heavy atom. The first-order valence-electron chi connectivity index (χ1n) is 9.93. The van der Waals surface area contributed by atoms with E-state index in [0.29, 0.717) is 6.61 Å². The number of esters is 2. The zero-order valence-corrected chi connectivity index (χ0v) is 15.7. The van der Waals surface area contributed by atoms with Crippen molar-refractivity contribution in [1.82, 2.24) is 0 Å². The summed E-state index contributed by atoms with van der Waals surface area (Å²) >= 11 is 0. The Labute approximate surface area is 147 Å². The maximum absolute atomic E-state index is 12.0. The molecular weight excluding hydrogens is 304 g/mol. The molecule has 0 unspecified atom stereocenters. The first-order chi connectivity index (χ1) is 11.7. The molecule has 0 radical (unpaired) electrons. The molecule has 1 aliphatic carbocycles. The molecule has 24 heavy (non-hydrogen) atoms. The summed E-state index contributed by atoms with van der Waals surface area (Å²) < 4.78 is 10.2. The molecule has 4 nitrogen and oxygen atoms in total. The van der Waals surface area contributed by atoms with Crippen LogP contribution >= 0.6 is 0 Å². The maximum Gasteiger partial charge on any atom is 0.308 e. The molecule has 0 heterocycles. The van der Waals surface area contributed by atoms with E-state index in [1.807, 2.05) is 0 Å². The van der Waals surface area contributed by atoms with Gasteiger partial charge in [0.2, 0.25) is 0 Å². The molecule has 0 amide bonds. The molecule has 1 saturated carbocycles. The summed E-state index contributed by atoms with van der Waals surface area (Å²) in [6.45, 7) is 2.79. The Morgan fingerprint density at radius 1 is 0.750 bits per heavy atom. The minimum absolute atomic E-state index is 0.0236. The summed E-state index contributed by atoms with van der Waals surface area (Å²) in [5.74, 6) is -0.268. The number of ether oxygens (including phenoxy) is 2. The Balaban J connectivity index is 1.96. The van der Waals surface area contributed by atoms with Crippen LogP contribution in [0.25, 0.3) is 0 Å². The van der Waals surface area contributed by atoms with Crippen molar-refractivity contribution in [1.29, 1.82) is 0 Å². The molecule has 4 heteroatoms. The summed E-state index contributed by atoms with van der Waals surface area (Å²) in [5.41, 5.74) is 0. The maximum atomic E-state index is 12.0. The van der Waals surface area contributed by atoms with Crippen molar-refractivity contribution in [2.24, 2.45) is 11.8 Å². The van der Waals surface area contributed by atoms with Gasteiger partial charge in [0.25, 0.3) is 0 Å². The van der Waals surface area contributed by atoms with E-state index >= 15 is 0 Å². The van der Waals surface area contributed by atoms with Crippen molar-refractivity contribution >= 4 is 11.9 Å². The largest absolute Gasteiger partial charge is 0.469 e. The fraction of sp³-hybridized carbons (Fsp3) is 0.900. The van der Waals surface area contributed by atoms with Crippen molar-refractivity contribution in [3.8, 4) is 0 Å². The molecule has 0 aromatic heterocycles. The monoisotopic (exact) mass is 340 g/mol. The van der Waals surface area contributed by atoms with Gasteiger partial charge in [-0.1, -0.05) is 58.3 Å². The van der Waals surface area contributed by atoms with Gasteiger partial charge in [0.05, 0.1) is 25.6 Å². The van der Waals surface area contributed by atoms with Gasteiger partial charge in [0.1, 0.15) is 0 Å². The van der Waals surface area contributed by atoms with Gasteiger partial charge in [-0.2, -0.15) is 0 Å². The van der Waals surface area contributed by atoms with Crippen LogP contribution < -0.4 is 0 Å². The molecule has 1 rings (SSSR count). The zero-order valence-electron chi connectivity index (χ0n) is 15.7. The molecule has 0 N–H and O–H groups in total. The summed E-state index contributed by atoms with van der Waals surface area (Å²) in [6.07, 6.45) is 14.4. The normalized spacial score (nSPS) is 20.6. The van der Waals surface area contributed by atoms with E-state index in [-0.39, 0.29) is 23.8 Å². The lowest BCUT2D eigenvalue weighted by molar-refractivity contribution is -0.153. The van der Waals surface area contributed by atoms with Crippen LogP contribution in [-0.4, -0.2) is 25.7 Å². The van der Waals surface area contributed by atoms with E-state index in [0.717, 1.165) is 38.5 Å². The quantitative estimate of drug-likeness (QED) is 0.369. The van der Waals surface area contributed by atoms with Crippen LogP contribution in [-0.2, 0) is 19.1 Å². The van der Waals surface area contributed by atoms with Gasteiger partial charge in [-0.15, -0.1) is 0 Å². The minimum Gasteiger partial charge on any atom is -0.469 e. The number of hydrogen-bond donors (Lipinski definition) is 0. The first-order valence-corrected chi connectivity index (χ1v) is 9.93. The molecule has 0 bridgehead atoms. The lowest BCUT2D eigenvalue weighted by Crippen LogP contribution is -2.28. The first kappa shape index (κ1) is 21.0. The lowest BCUT2D eigenvalue weighted by Gasteiger charge is -2.25. The van der Waals surface area contributed by atoms with E-state index in [9.17, 15) is 9.59 Å². The Bertz CT molecular complexity index is 346. The van der Waals surface area contributed by atoms with Crippen LogP contribution in [0.1, 0.15) is 90.4 Å². The highest BCUT2D eigenvalue weighted by Crippen LogP contribution is 2.30. The molecule has 0 aromatic carbocycles. The molecule has 140 valence electrons. The van der Waals surface area contributed by atoms with Crippen molar-refractivity contribution < 1.29 is 19.1 Å². The molecule has 0 saturated heterocycles. The average molecular weight is 341 g/mol. The molecule has 1 fully saturated rings. The summed E-state index contributed by atoms with van der Waals surface area (Å²) in [6, 6.07) is 0. The lowest BCUT2D eigenvalue weighted by atomic mass is 9.82. The molecule has 0 spiro atoms. The smallest absolute Gasteiger partial charge is 0.308 e. The highest BCUT2D eigenvalue weighted by molar-refractivity contribution is 5.75. The molecule has 0 aliphatic heterocycles. The Hall–Kier alpha value is -1.06. The third-order valence-electron chi connectivity index (χ3n) is 5.09. The summed E-state index contributed by atoms with van der Waals surface area (Å²) in [5, 5.41) is 0. The van der Waals surface area contributed by atoms with Gasteiger partial charge in [0.15, 0.2) is 0 Å². The van der Waals surface area contributed by atoms with E-state index in [1.54, 1.807) is 0 Å². The number of carbonyl (C=O) groups is 2. The topological polar surface area (TPSA) is 52.6 Å². The zero-order chi connectivity index (χ0) is 17.6. The highest BCUT2D eigenvalue weighted by Gasteiger charge is 2.31. The van der Waals surface area contributed by atoms with E-state index in [1.165, 1.54) is 52.1 Å². The van der Waals surface area contributed by atoms with Gasteiger partial charge >= 0.3 is 11.9 Å². The molecule has 0 atom stereocenters. The third-order valence-corrected chi connectivity index (χ3v) is 5.09. The SMILES string of the molecule is CCCCCCCCCCCOC(=O)C1CCC(C(=O)OC)CC1. The van der Waals surface area contributed by atoms with Crippen LogP contribution in [0.3, 0.4) is 0 Å². The third kappa shape index (κ3) is 8.70. The number of rotatable bonds is 12. The second-order valence-corrected chi connectivity index (χ2v) is 7.07. The van der Waals surface area contributed by atoms with E-state index in [2.05, 4.69) is 6.92 Å². The highest BCUT2D eigenvalue weighted by atomic mass is 16.5. The average Bonchev–Trinajstić information content (AvgIpc) is 2.62. The van der Waals surface area contributed by atoms with E-state index in [4.69, 9.17) is 9.47 Å². The second-order valence-electron chi connectivity index (χ2n) is 7.07. The van der Waals surface area contributed by atoms with E-state index < -0.39 is 0 Å². The van der Waals surface area contributed by atoms with Gasteiger partial charge in [-0.05, 0) is 32.1 Å². The fourth-order valence-electron chi connectivity index (χ4n) is 3.43. The summed E-state index contributed by atoms with van der Waals surface area (Å²) in [4.78, 5) is 23.5. The number of unbranched alkanes of at least 4 members (excludes halogenated alkanes) is 8. The fourth-order valence-corrected chi connectivity index (χ4v) is 3.43. The van der Waals surface area contributed by atoms with Crippen LogP contribution in [0.2, 0.25) is 0 Å². The number of carbonyl (C=O) groups excluding carboxylic acids is 2. The van der Waals surface area contributed by atoms with Crippen LogP contribution in [0.4, 0.5) is 0 Å². The van der Waals surface area contributed by atoms with Crippen LogP contribution in [0.15, 0.2) is 0 Å². The second kappa shape index (κ2) is 13.3. The minimum atomic E-state index is -0.142. The molecule has 0 aromatic rings. The van der Waals surface area contributed by atoms with Crippen molar-refractivity contribution in [3.05, 3.63) is 0 Å². The number of methoxy groups -OCH3 is 1. The van der Waals surface area contributed by atoms with Gasteiger partial charge in [-0.25, -0.2) is 0 Å². The Kier molecular flexibility index (Phi) is 11.6. The predicted octanol–water partition coefficient (Wildman–Crippen LogP) is 5.04. The van der Waals surface area contributed by atoms with Crippen molar-refractivity contribution in [2.45, 2.75) is 90.4 Å². The van der Waals surface area contributed by atoms with Gasteiger partial charge < -0.3 is 9.47 Å². The molecule has 1 aliphatic rings. The number of hydrogen-bond acceptors (Lipinski definition) is 4. The predicted molar refractivity (Wildman–Crippen MR) is 95.7 cm³/mol. The summed E-state index contributed by atoms with van der Waals surface area (Å²) in [7, 11) is 1.42. The van der Waals surface area contributed by atoms with Crippen LogP contribution in [0.5, 0.6) is 0 Å². The van der Waals surface area contributed by atoms with Crippen molar-refractivity contribution in [3.63, 3.8) is 0 Å². The Morgan fingerprint density at radius 3 is 1.71 bits per heavy atom. The van der Waals surface area contributed by atoms with Crippen LogP contribution in [0, 0.1) is 11.8 Å². The van der Waals surface area contributed by atoms with Gasteiger partial charge in [-0.3, -0.25) is 9.59 Å². The molecular formula is C20H36O4. The van der Waals surface area contributed by atoms with Crippen molar-refractivity contribution in [2.75, 3.05) is 13.7 Å². The van der Waals surface area contributed by atoms with Gasteiger partial charge in [0, 0.05) is 0 Å². The standard InChI is InChI=1S/C20H36O4/c1-3-4-5-6-7-8-9-10-11-16-24-20(22)18-14-12-17(13-15-18)19(21)23-2/h17-18H,3-16H2,1-2H3.